The van der Waals surface area contributed by atoms with Gasteiger partial charge in [0.15, 0.2) is 6.29 Å². The molecule has 0 aromatic heterocycles. The third-order valence-corrected chi connectivity index (χ3v) is 5.76. The molecule has 0 radical (unpaired) electrons. The van der Waals surface area contributed by atoms with E-state index in [0.717, 1.165) is 0 Å². The number of fused-ring (bicyclic) bond motifs is 3. The van der Waals surface area contributed by atoms with Crippen molar-refractivity contribution in [1.29, 1.82) is 0 Å². The molecule has 0 aromatic carbocycles. The van der Waals surface area contributed by atoms with Crippen molar-refractivity contribution in [2.45, 2.75) is 87.7 Å². The van der Waals surface area contributed by atoms with Gasteiger partial charge in [0.05, 0.1) is 30.0 Å². The number of hydrogen-bond acceptors (Lipinski definition) is 8. The van der Waals surface area contributed by atoms with Crippen LogP contribution in [0.3, 0.4) is 0 Å². The molecule has 140 valence electrons. The average Bonchev–Trinajstić information content (AvgIpc) is 2.47. The predicted octanol–water partition coefficient (Wildman–Crippen LogP) is -1.49. The minimum Gasteiger partial charge on any atom is -0.394 e. The molecule has 0 amide bonds. The van der Waals surface area contributed by atoms with Crippen molar-refractivity contribution >= 4 is 0 Å². The van der Waals surface area contributed by atoms with Gasteiger partial charge in [0.2, 0.25) is 0 Å². The summed E-state index contributed by atoms with van der Waals surface area (Å²) >= 11 is 0. The molecular formula is C16H28O8. The molecule has 3 heterocycles. The van der Waals surface area contributed by atoms with Crippen molar-refractivity contribution in [2.24, 2.45) is 5.92 Å². The Morgan fingerprint density at radius 2 is 1.71 bits per heavy atom. The number of rotatable bonds is 3. The second kappa shape index (κ2) is 6.14. The minimum atomic E-state index is -1.47. The molecule has 3 saturated heterocycles. The molecule has 1 aliphatic carbocycles. The van der Waals surface area contributed by atoms with Crippen LogP contribution in [0.2, 0.25) is 0 Å². The number of ether oxygens (including phenoxy) is 3. The lowest BCUT2D eigenvalue weighted by Crippen LogP contribution is -2.68. The van der Waals surface area contributed by atoms with E-state index in [4.69, 9.17) is 14.2 Å². The van der Waals surface area contributed by atoms with Gasteiger partial charge in [-0.25, -0.2) is 0 Å². The molecule has 0 aromatic rings. The standard InChI is InChI=1S/C16H28O8/c1-15(2)7-4-10(16(3,24-15)5-8(7)18)23-14-13(21)12(20)11(19)9(6-17)22-14/h7-14,17-21H,4-6H2,1-3H3. The summed E-state index contributed by atoms with van der Waals surface area (Å²) in [7, 11) is 0. The molecule has 24 heavy (non-hydrogen) atoms. The van der Waals surface area contributed by atoms with E-state index in [0.29, 0.717) is 12.8 Å². The zero-order chi connectivity index (χ0) is 17.9. The van der Waals surface area contributed by atoms with Crippen LogP contribution < -0.4 is 0 Å². The van der Waals surface area contributed by atoms with Gasteiger partial charge in [-0.1, -0.05) is 0 Å². The number of aliphatic hydroxyl groups excluding tert-OH is 5. The Balaban J connectivity index is 1.75. The Hall–Kier alpha value is -0.320. The maximum Gasteiger partial charge on any atom is 0.187 e. The first-order chi connectivity index (χ1) is 11.1. The van der Waals surface area contributed by atoms with E-state index in [-0.39, 0.29) is 5.92 Å². The van der Waals surface area contributed by atoms with E-state index in [1.165, 1.54) is 0 Å². The topological polar surface area (TPSA) is 129 Å². The van der Waals surface area contributed by atoms with E-state index in [9.17, 15) is 25.5 Å². The van der Waals surface area contributed by atoms with Crippen LogP contribution in [0.25, 0.3) is 0 Å². The van der Waals surface area contributed by atoms with E-state index in [2.05, 4.69) is 0 Å². The summed E-state index contributed by atoms with van der Waals surface area (Å²) < 4.78 is 17.4. The van der Waals surface area contributed by atoms with E-state index < -0.39 is 60.7 Å². The van der Waals surface area contributed by atoms with Crippen LogP contribution >= 0.6 is 0 Å². The molecule has 5 N–H and O–H groups in total. The van der Waals surface area contributed by atoms with Gasteiger partial charge in [-0.05, 0) is 27.2 Å². The Morgan fingerprint density at radius 3 is 2.25 bits per heavy atom. The number of aliphatic hydroxyl groups is 5. The fourth-order valence-electron chi connectivity index (χ4n) is 4.40. The lowest BCUT2D eigenvalue weighted by molar-refractivity contribution is -0.363. The smallest absolute Gasteiger partial charge is 0.187 e. The third kappa shape index (κ3) is 2.89. The summed E-state index contributed by atoms with van der Waals surface area (Å²) in [5, 5.41) is 49.4. The van der Waals surface area contributed by atoms with Gasteiger partial charge in [0, 0.05) is 12.3 Å². The van der Waals surface area contributed by atoms with Gasteiger partial charge in [-0.2, -0.15) is 0 Å². The first kappa shape index (κ1) is 18.5. The zero-order valence-electron chi connectivity index (χ0n) is 14.2. The van der Waals surface area contributed by atoms with E-state index >= 15 is 0 Å². The summed E-state index contributed by atoms with van der Waals surface area (Å²) in [6, 6.07) is 0. The van der Waals surface area contributed by atoms with Crippen LogP contribution in [0.4, 0.5) is 0 Å². The zero-order valence-corrected chi connectivity index (χ0v) is 14.2. The van der Waals surface area contributed by atoms with Crippen LogP contribution in [0, 0.1) is 5.92 Å². The van der Waals surface area contributed by atoms with Gasteiger partial charge in [-0.3, -0.25) is 0 Å². The van der Waals surface area contributed by atoms with E-state index in [1.807, 2.05) is 20.8 Å². The van der Waals surface area contributed by atoms with Gasteiger partial charge in [-0.15, -0.1) is 0 Å². The van der Waals surface area contributed by atoms with Crippen molar-refractivity contribution in [3.05, 3.63) is 0 Å². The Labute approximate surface area is 141 Å². The van der Waals surface area contributed by atoms with Gasteiger partial charge in [0.1, 0.15) is 24.4 Å². The summed E-state index contributed by atoms with van der Waals surface area (Å²) in [4.78, 5) is 0. The number of hydrogen-bond donors (Lipinski definition) is 5. The second-order valence-corrected chi connectivity index (χ2v) is 7.95. The van der Waals surface area contributed by atoms with Crippen LogP contribution in [0.15, 0.2) is 0 Å². The molecular weight excluding hydrogens is 320 g/mol. The molecule has 1 saturated carbocycles. The van der Waals surface area contributed by atoms with Crippen LogP contribution in [0.1, 0.15) is 33.6 Å². The molecule has 9 unspecified atom stereocenters. The molecule has 2 bridgehead atoms. The average molecular weight is 348 g/mol. The molecule has 8 nitrogen and oxygen atoms in total. The fourth-order valence-corrected chi connectivity index (χ4v) is 4.40. The van der Waals surface area contributed by atoms with Crippen molar-refractivity contribution in [3.8, 4) is 0 Å². The summed E-state index contributed by atoms with van der Waals surface area (Å²) in [5.41, 5.74) is -1.24. The highest BCUT2D eigenvalue weighted by Crippen LogP contribution is 2.51. The Morgan fingerprint density at radius 1 is 1.04 bits per heavy atom. The Kier molecular flexibility index (Phi) is 4.72. The highest BCUT2D eigenvalue weighted by atomic mass is 16.7. The van der Waals surface area contributed by atoms with E-state index in [1.54, 1.807) is 0 Å². The van der Waals surface area contributed by atoms with Gasteiger partial charge < -0.3 is 39.7 Å². The van der Waals surface area contributed by atoms with Crippen molar-refractivity contribution in [2.75, 3.05) is 6.61 Å². The van der Waals surface area contributed by atoms with Gasteiger partial charge >= 0.3 is 0 Å². The molecule has 3 aliphatic heterocycles. The van der Waals surface area contributed by atoms with Crippen LogP contribution in [-0.4, -0.2) is 86.3 Å². The third-order valence-electron chi connectivity index (χ3n) is 5.76. The molecule has 0 spiro atoms. The largest absolute Gasteiger partial charge is 0.394 e. The maximum absolute atomic E-state index is 10.3. The molecule has 9 atom stereocenters. The van der Waals surface area contributed by atoms with Crippen LogP contribution in [-0.2, 0) is 14.2 Å². The molecule has 4 aliphatic rings. The van der Waals surface area contributed by atoms with Crippen molar-refractivity contribution in [3.63, 3.8) is 0 Å². The highest BCUT2D eigenvalue weighted by Gasteiger charge is 2.59. The first-order valence-electron chi connectivity index (χ1n) is 8.43. The van der Waals surface area contributed by atoms with Crippen molar-refractivity contribution < 1.29 is 39.7 Å². The molecule has 4 fully saturated rings. The van der Waals surface area contributed by atoms with Crippen molar-refractivity contribution in [1.82, 2.24) is 0 Å². The normalized spacial score (nSPS) is 54.0. The second-order valence-electron chi connectivity index (χ2n) is 7.95. The SMILES string of the molecule is CC1(C)OC2(C)CC(O)C1CC2OC1OC(CO)C(O)C(O)C1O. The molecule has 4 rings (SSSR count). The minimum absolute atomic E-state index is 0.116. The lowest BCUT2D eigenvalue weighted by Gasteiger charge is -2.59. The highest BCUT2D eigenvalue weighted by molar-refractivity contribution is 5.08. The van der Waals surface area contributed by atoms with Gasteiger partial charge in [0.25, 0.3) is 0 Å². The summed E-state index contributed by atoms with van der Waals surface area (Å²) in [6.45, 7) is 5.21. The Bertz CT molecular complexity index is 469. The monoisotopic (exact) mass is 348 g/mol. The fraction of sp³-hybridized carbons (Fsp3) is 1.00. The quantitative estimate of drug-likeness (QED) is 0.417. The first-order valence-corrected chi connectivity index (χ1v) is 8.43. The van der Waals surface area contributed by atoms with Crippen LogP contribution in [0.5, 0.6) is 0 Å². The molecule has 8 heteroatoms. The summed E-state index contributed by atoms with van der Waals surface area (Å²) in [6.07, 6.45) is -6.53. The lowest BCUT2D eigenvalue weighted by atomic mass is 9.65. The predicted molar refractivity (Wildman–Crippen MR) is 80.9 cm³/mol. The maximum atomic E-state index is 10.3. The summed E-state index contributed by atoms with van der Waals surface area (Å²) in [5.74, 6) is -0.116.